The monoisotopic (exact) mass is 370 g/mol. The summed E-state index contributed by atoms with van der Waals surface area (Å²) in [7, 11) is 1.35. The van der Waals surface area contributed by atoms with Crippen molar-refractivity contribution in [2.75, 3.05) is 12.4 Å². The first-order valence-electron chi connectivity index (χ1n) is 8.06. The molecule has 1 amide bonds. The number of amides is 1. The second-order valence-electron chi connectivity index (χ2n) is 5.64. The number of nitrogens with one attached hydrogen (secondary N) is 1. The van der Waals surface area contributed by atoms with Crippen molar-refractivity contribution in [3.8, 4) is 0 Å². The number of carbonyl (C=O) groups is 2. The van der Waals surface area contributed by atoms with Crippen LogP contribution in [0.3, 0.4) is 0 Å². The maximum atomic E-state index is 12.1. The summed E-state index contributed by atoms with van der Waals surface area (Å²) in [6.45, 7) is 1.99. The van der Waals surface area contributed by atoms with Gasteiger partial charge in [0.25, 0.3) is 0 Å². The number of hydrogen-bond acceptors (Lipinski definition) is 6. The van der Waals surface area contributed by atoms with Gasteiger partial charge in [0.2, 0.25) is 5.91 Å². The van der Waals surface area contributed by atoms with Crippen molar-refractivity contribution in [2.45, 2.75) is 19.8 Å². The van der Waals surface area contributed by atoms with E-state index in [-0.39, 0.29) is 18.3 Å². The van der Waals surface area contributed by atoms with Crippen molar-refractivity contribution >= 4 is 44.6 Å². The van der Waals surface area contributed by atoms with Crippen molar-refractivity contribution in [1.29, 1.82) is 0 Å². The van der Waals surface area contributed by atoms with Gasteiger partial charge in [-0.05, 0) is 36.8 Å². The molecule has 0 radical (unpaired) electrons. The molecule has 0 aliphatic carbocycles. The van der Waals surface area contributed by atoms with Gasteiger partial charge in [-0.25, -0.2) is 4.98 Å². The third-order valence-electron chi connectivity index (χ3n) is 3.74. The summed E-state index contributed by atoms with van der Waals surface area (Å²) >= 11 is 1.43. The fraction of sp³-hybridized carbons (Fsp3) is 0.211. The van der Waals surface area contributed by atoms with Crippen LogP contribution in [0.1, 0.15) is 23.5 Å². The average molecular weight is 370 g/mol. The Labute approximate surface area is 154 Å². The Morgan fingerprint density at radius 3 is 2.92 bits per heavy atom. The molecular weight excluding hydrogens is 352 g/mol. The van der Waals surface area contributed by atoms with Gasteiger partial charge in [0, 0.05) is 12.5 Å². The Morgan fingerprint density at radius 2 is 2.15 bits per heavy atom. The van der Waals surface area contributed by atoms with Gasteiger partial charge < -0.3 is 9.15 Å². The largest absolute Gasteiger partial charge is 0.469 e. The van der Waals surface area contributed by atoms with E-state index in [1.165, 1.54) is 24.5 Å². The van der Waals surface area contributed by atoms with E-state index in [0.29, 0.717) is 23.1 Å². The molecule has 0 bridgehead atoms. The quantitative estimate of drug-likeness (QED) is 0.525. The molecule has 0 aliphatic heterocycles. The zero-order chi connectivity index (χ0) is 18.5. The van der Waals surface area contributed by atoms with Crippen molar-refractivity contribution in [1.82, 2.24) is 4.98 Å². The Morgan fingerprint density at radius 1 is 1.31 bits per heavy atom. The van der Waals surface area contributed by atoms with Crippen LogP contribution in [0.4, 0.5) is 5.13 Å². The lowest BCUT2D eigenvalue weighted by molar-refractivity contribution is -0.140. The van der Waals surface area contributed by atoms with E-state index in [9.17, 15) is 9.59 Å². The number of benzene rings is 1. The predicted octanol–water partition coefficient (Wildman–Crippen LogP) is 3.96. The van der Waals surface area contributed by atoms with E-state index < -0.39 is 0 Å². The molecule has 3 aromatic rings. The van der Waals surface area contributed by atoms with Crippen molar-refractivity contribution in [3.63, 3.8) is 0 Å². The van der Waals surface area contributed by atoms with Crippen LogP contribution in [-0.4, -0.2) is 24.0 Å². The number of aryl methyl sites for hydroxylation is 2. The molecule has 2 aromatic heterocycles. The molecule has 2 heterocycles. The highest BCUT2D eigenvalue weighted by Crippen LogP contribution is 2.27. The number of carbonyl (C=O) groups excluding carboxylic acids is 2. The molecule has 0 saturated heterocycles. The first kappa shape index (κ1) is 17.9. The Hall–Kier alpha value is -2.93. The number of rotatable bonds is 6. The highest BCUT2D eigenvalue weighted by molar-refractivity contribution is 7.22. The first-order valence-corrected chi connectivity index (χ1v) is 8.87. The summed E-state index contributed by atoms with van der Waals surface area (Å²) in [4.78, 5) is 27.7. The molecule has 1 aromatic carbocycles. The summed E-state index contributed by atoms with van der Waals surface area (Å²) in [5, 5.41) is 3.32. The minimum atomic E-state index is -0.288. The Balaban J connectivity index is 1.59. The second-order valence-corrected chi connectivity index (χ2v) is 6.67. The number of furan rings is 1. The summed E-state index contributed by atoms with van der Waals surface area (Å²) in [5.74, 6) is 0.635. The van der Waals surface area contributed by atoms with E-state index in [0.717, 1.165) is 15.8 Å². The number of hydrogen-bond donors (Lipinski definition) is 1. The second kappa shape index (κ2) is 7.97. The fourth-order valence-corrected chi connectivity index (χ4v) is 3.34. The lowest BCUT2D eigenvalue weighted by atomic mass is 10.2. The van der Waals surface area contributed by atoms with Crippen LogP contribution in [0.25, 0.3) is 16.3 Å². The van der Waals surface area contributed by atoms with Gasteiger partial charge >= 0.3 is 5.97 Å². The number of ether oxygens (including phenoxy) is 1. The van der Waals surface area contributed by atoms with Crippen molar-refractivity contribution in [2.24, 2.45) is 0 Å². The van der Waals surface area contributed by atoms with Crippen LogP contribution >= 0.6 is 11.3 Å². The molecule has 0 aliphatic rings. The number of nitrogens with zero attached hydrogens (tertiary/aromatic N) is 1. The number of esters is 1. The maximum Gasteiger partial charge on any atom is 0.305 e. The van der Waals surface area contributed by atoms with Gasteiger partial charge in [0.15, 0.2) is 5.13 Å². The summed E-state index contributed by atoms with van der Waals surface area (Å²) < 4.78 is 11.2. The van der Waals surface area contributed by atoms with Gasteiger partial charge in [-0.3, -0.25) is 14.9 Å². The van der Waals surface area contributed by atoms with Gasteiger partial charge in [-0.15, -0.1) is 0 Å². The van der Waals surface area contributed by atoms with Gasteiger partial charge in [-0.2, -0.15) is 0 Å². The molecule has 0 unspecified atom stereocenters. The summed E-state index contributed by atoms with van der Waals surface area (Å²) in [6.07, 6.45) is 3.68. The van der Waals surface area contributed by atoms with E-state index in [4.69, 9.17) is 4.42 Å². The molecule has 1 N–H and O–H groups in total. The van der Waals surface area contributed by atoms with Crippen LogP contribution in [0, 0.1) is 6.92 Å². The van der Waals surface area contributed by atoms with E-state index in [1.54, 1.807) is 18.2 Å². The number of anilines is 1. The molecule has 6 nitrogen and oxygen atoms in total. The highest BCUT2D eigenvalue weighted by Gasteiger charge is 2.08. The number of methoxy groups -OCH3 is 1. The zero-order valence-corrected chi connectivity index (χ0v) is 15.3. The molecule has 3 rings (SSSR count). The number of aromatic nitrogens is 1. The fourth-order valence-electron chi connectivity index (χ4n) is 2.39. The third-order valence-corrected chi connectivity index (χ3v) is 4.67. The van der Waals surface area contributed by atoms with Crippen LogP contribution in [0.15, 0.2) is 40.8 Å². The molecule has 26 heavy (non-hydrogen) atoms. The summed E-state index contributed by atoms with van der Waals surface area (Å²) in [5.41, 5.74) is 1.97. The van der Waals surface area contributed by atoms with Gasteiger partial charge in [-0.1, -0.05) is 23.5 Å². The van der Waals surface area contributed by atoms with Gasteiger partial charge in [0.1, 0.15) is 11.5 Å². The minimum absolute atomic E-state index is 0.255. The molecule has 0 saturated carbocycles. The predicted molar refractivity (Wildman–Crippen MR) is 101 cm³/mol. The Kier molecular flexibility index (Phi) is 5.48. The van der Waals surface area contributed by atoms with Crippen LogP contribution in [0.5, 0.6) is 0 Å². The molecule has 0 spiro atoms. The summed E-state index contributed by atoms with van der Waals surface area (Å²) in [6, 6.07) is 9.46. The number of para-hydroxylation sites is 1. The zero-order valence-electron chi connectivity index (χ0n) is 14.4. The lowest BCUT2D eigenvalue weighted by Gasteiger charge is -1.96. The molecule has 0 atom stereocenters. The van der Waals surface area contributed by atoms with E-state index in [1.807, 2.05) is 25.1 Å². The van der Waals surface area contributed by atoms with Crippen molar-refractivity contribution < 1.29 is 18.7 Å². The highest BCUT2D eigenvalue weighted by atomic mass is 32.1. The SMILES string of the molecule is COC(=O)CCc1ccc(/C=C/C(=O)Nc2nc3c(C)cccc3s2)o1. The first-order chi connectivity index (χ1) is 12.5. The van der Waals surface area contributed by atoms with E-state index in [2.05, 4.69) is 15.0 Å². The van der Waals surface area contributed by atoms with Crippen molar-refractivity contribution in [3.05, 3.63) is 53.5 Å². The normalized spacial score (nSPS) is 11.2. The molecular formula is C19H18N2O4S. The molecule has 0 fully saturated rings. The standard InChI is InChI=1S/C19H18N2O4S/c1-12-4-3-5-15-18(12)21-19(26-15)20-16(22)10-8-13-6-7-14(25-13)9-11-17(23)24-2/h3-8,10H,9,11H2,1-2H3,(H,20,21,22)/b10-8+. The molecule has 134 valence electrons. The number of fused-ring (bicyclic) bond motifs is 1. The third kappa shape index (κ3) is 4.37. The van der Waals surface area contributed by atoms with Gasteiger partial charge in [0.05, 0.1) is 23.7 Å². The van der Waals surface area contributed by atoms with Crippen LogP contribution < -0.4 is 5.32 Å². The number of thiazole rings is 1. The van der Waals surface area contributed by atoms with E-state index >= 15 is 0 Å². The topological polar surface area (TPSA) is 81.4 Å². The lowest BCUT2D eigenvalue weighted by Crippen LogP contribution is -2.07. The molecule has 7 heteroatoms. The maximum absolute atomic E-state index is 12.1. The smallest absolute Gasteiger partial charge is 0.305 e. The van der Waals surface area contributed by atoms with Crippen LogP contribution in [0.2, 0.25) is 0 Å². The average Bonchev–Trinajstić information content (AvgIpc) is 3.25. The van der Waals surface area contributed by atoms with Crippen LogP contribution in [-0.2, 0) is 20.7 Å². The Bertz CT molecular complexity index is 971. The minimum Gasteiger partial charge on any atom is -0.469 e.